The molecular weight excluding hydrogens is 878 g/mol. The van der Waals surface area contributed by atoms with Crippen molar-refractivity contribution >= 4 is 44.0 Å². The predicted octanol–water partition coefficient (Wildman–Crippen LogP) is 9.00. The molecule has 3 atom stereocenters. The summed E-state index contributed by atoms with van der Waals surface area (Å²) in [6.07, 6.45) is 10.8. The first-order chi connectivity index (χ1) is 32.1. The van der Waals surface area contributed by atoms with Crippen LogP contribution in [-0.2, 0) is 10.0 Å². The molecule has 0 unspecified atom stereocenters. The molecule has 2 aromatic heterocycles. The van der Waals surface area contributed by atoms with Crippen molar-refractivity contribution in [2.24, 2.45) is 11.3 Å². The number of carbonyl (C=O) groups is 1. The summed E-state index contributed by atoms with van der Waals surface area (Å²) in [5.41, 5.74) is 2.92. The standard InChI is InChI=1S/C50H58FN7O8S/c1-30(2)35-7-4-5-8-36(35)37-9-6-10-42(37)57-28-50(29-57)17-19-56(20-18-50)32-11-12-38(44(21-32)66-33-22-39-40(51)26-53-47(39)52-25-33)48(59)55-67(63,64)34-23-43(58(61)62)46-45(24-34)65-27-41(54-46)31-13-15-49(3,60)16-14-31/h4-5,7-8,11-12,21-26,30-31,37,41-42,54,60H,6,9-10,13-20,27-29H2,1-3H3,(H,52,53)(H,55,59)/t31-,37-,41+,42-,49-/m0/s1. The van der Waals surface area contributed by atoms with Crippen LogP contribution < -0.4 is 24.4 Å². The van der Waals surface area contributed by atoms with Crippen LogP contribution in [0, 0.1) is 27.3 Å². The molecule has 67 heavy (non-hydrogen) atoms. The predicted molar refractivity (Wildman–Crippen MR) is 252 cm³/mol. The number of pyridine rings is 1. The second-order valence-corrected chi connectivity index (χ2v) is 21.9. The van der Waals surface area contributed by atoms with Crippen LogP contribution in [0.1, 0.15) is 112 Å². The fourth-order valence-electron chi connectivity index (χ4n) is 11.5. The fraction of sp³-hybridized carbons (Fsp3) is 0.480. The molecule has 5 heterocycles. The molecule has 1 spiro atoms. The number of anilines is 2. The number of sulfonamides is 1. The van der Waals surface area contributed by atoms with Crippen molar-refractivity contribution in [3.63, 3.8) is 0 Å². The Labute approximate surface area is 389 Å². The van der Waals surface area contributed by atoms with Crippen molar-refractivity contribution in [3.8, 4) is 17.2 Å². The van der Waals surface area contributed by atoms with Crippen LogP contribution in [0.4, 0.5) is 21.5 Å². The molecule has 15 nitrogen and oxygen atoms in total. The third-order valence-electron chi connectivity index (χ3n) is 15.3. The number of rotatable bonds is 11. The third kappa shape index (κ3) is 8.81. The van der Waals surface area contributed by atoms with E-state index in [9.17, 15) is 32.8 Å². The maximum Gasteiger partial charge on any atom is 0.297 e. The molecule has 0 bridgehead atoms. The number of ether oxygens (including phenoxy) is 2. The summed E-state index contributed by atoms with van der Waals surface area (Å²) >= 11 is 0. The molecule has 3 aromatic carbocycles. The van der Waals surface area contributed by atoms with Gasteiger partial charge in [-0.05, 0) is 111 Å². The number of fused-ring (bicyclic) bond motifs is 2. The van der Waals surface area contributed by atoms with Gasteiger partial charge in [0.05, 0.1) is 38.6 Å². The summed E-state index contributed by atoms with van der Waals surface area (Å²) in [5.74, 6) is -0.335. The summed E-state index contributed by atoms with van der Waals surface area (Å²) in [7, 11) is -4.71. The molecule has 0 radical (unpaired) electrons. The van der Waals surface area contributed by atoms with Gasteiger partial charge in [0.2, 0.25) is 0 Å². The topological polar surface area (TPSA) is 192 Å². The first-order valence-electron chi connectivity index (χ1n) is 23.6. The second kappa shape index (κ2) is 17.4. The Morgan fingerprint density at radius 3 is 2.55 bits per heavy atom. The molecule has 1 amide bonds. The lowest BCUT2D eigenvalue weighted by atomic mass is 9.70. The molecule has 5 aromatic rings. The zero-order valence-electron chi connectivity index (χ0n) is 38.1. The number of nitro groups is 1. The number of H-pyrrole nitrogens is 1. The lowest BCUT2D eigenvalue weighted by molar-refractivity contribution is -0.384. The number of aromatic nitrogens is 2. The summed E-state index contributed by atoms with van der Waals surface area (Å²) in [6.45, 7) is 10.2. The van der Waals surface area contributed by atoms with Gasteiger partial charge in [-0.2, -0.15) is 0 Å². The van der Waals surface area contributed by atoms with Crippen LogP contribution in [0.2, 0.25) is 0 Å². The minimum absolute atomic E-state index is 0.0191. The highest BCUT2D eigenvalue weighted by atomic mass is 32.2. The highest BCUT2D eigenvalue weighted by Crippen LogP contribution is 2.49. The van der Waals surface area contributed by atoms with Gasteiger partial charge in [0.25, 0.3) is 21.6 Å². The van der Waals surface area contributed by atoms with Crippen LogP contribution in [0.3, 0.4) is 0 Å². The van der Waals surface area contributed by atoms with E-state index in [2.05, 4.69) is 67.9 Å². The van der Waals surface area contributed by atoms with Gasteiger partial charge < -0.3 is 29.8 Å². The molecule has 17 heteroatoms. The SMILES string of the molecule is CC(C)c1ccccc1[C@@H]1CCC[C@@H]1N1CC2(CCN(c3ccc(C(=O)NS(=O)(=O)c4cc5c(c([N+](=O)[O-])c4)N[C@@H]([C@H]4CC[C@](C)(O)CC4)CO5)c(Oc4cnc5[nH]cc(F)c5c4)c3)CC2)C1. The van der Waals surface area contributed by atoms with E-state index in [0.29, 0.717) is 49.2 Å². The number of carbonyl (C=O) groups excluding carboxylic acids is 1. The second-order valence-electron chi connectivity index (χ2n) is 20.2. The minimum atomic E-state index is -4.71. The third-order valence-corrected chi connectivity index (χ3v) is 16.6. The van der Waals surface area contributed by atoms with Gasteiger partial charge in [-0.3, -0.25) is 19.8 Å². The number of hydrogen-bond donors (Lipinski definition) is 4. The minimum Gasteiger partial charge on any atom is -0.489 e. The molecule has 2 saturated carbocycles. The number of nitrogens with zero attached hydrogens (tertiary/aromatic N) is 4. The van der Waals surface area contributed by atoms with Gasteiger partial charge >= 0.3 is 0 Å². The van der Waals surface area contributed by atoms with E-state index >= 15 is 0 Å². The molecular formula is C50H58FN7O8S. The zero-order chi connectivity index (χ0) is 46.8. The molecule has 2 saturated heterocycles. The number of nitrogens with one attached hydrogen (secondary N) is 3. The smallest absolute Gasteiger partial charge is 0.297 e. The Morgan fingerprint density at radius 2 is 1.81 bits per heavy atom. The number of amides is 1. The summed E-state index contributed by atoms with van der Waals surface area (Å²) in [6, 6.07) is 17.7. The zero-order valence-corrected chi connectivity index (χ0v) is 38.9. The van der Waals surface area contributed by atoms with Gasteiger partial charge in [0.1, 0.15) is 29.6 Å². The van der Waals surface area contributed by atoms with Crippen LogP contribution in [0.15, 0.2) is 78.0 Å². The number of nitro benzene ring substituents is 1. The lowest BCUT2D eigenvalue weighted by Crippen LogP contribution is -2.63. The highest BCUT2D eigenvalue weighted by Gasteiger charge is 2.49. The van der Waals surface area contributed by atoms with Crippen molar-refractivity contribution in [1.29, 1.82) is 0 Å². The maximum atomic E-state index is 14.7. The number of halogens is 1. The molecule has 5 aliphatic rings. The van der Waals surface area contributed by atoms with Crippen LogP contribution in [-0.4, -0.2) is 89.7 Å². The number of hydrogen-bond acceptors (Lipinski definition) is 12. The highest BCUT2D eigenvalue weighted by molar-refractivity contribution is 7.90. The number of aromatic amines is 1. The molecule has 2 aliphatic carbocycles. The van der Waals surface area contributed by atoms with Crippen LogP contribution in [0.25, 0.3) is 11.0 Å². The fourth-order valence-corrected chi connectivity index (χ4v) is 12.5. The average Bonchev–Trinajstić information content (AvgIpc) is 3.94. The van der Waals surface area contributed by atoms with E-state index < -0.39 is 42.9 Å². The van der Waals surface area contributed by atoms with Crippen molar-refractivity contribution in [2.45, 2.75) is 113 Å². The number of piperidine rings is 1. The van der Waals surface area contributed by atoms with E-state index in [1.54, 1.807) is 19.1 Å². The van der Waals surface area contributed by atoms with E-state index in [4.69, 9.17) is 9.47 Å². The quantitative estimate of drug-likeness (QED) is 0.0727. The first kappa shape index (κ1) is 45.0. The van der Waals surface area contributed by atoms with Crippen molar-refractivity contribution in [2.75, 3.05) is 43.0 Å². The molecule has 4 fully saturated rings. The Bertz CT molecular complexity index is 2830. The van der Waals surface area contributed by atoms with Crippen molar-refractivity contribution in [1.82, 2.24) is 19.6 Å². The number of aliphatic hydroxyl groups is 1. The Balaban J connectivity index is 0.863. The monoisotopic (exact) mass is 935 g/mol. The van der Waals surface area contributed by atoms with Crippen molar-refractivity contribution < 1.29 is 37.1 Å². The maximum absolute atomic E-state index is 14.7. The largest absolute Gasteiger partial charge is 0.489 e. The van der Waals surface area contributed by atoms with Crippen LogP contribution >= 0.6 is 0 Å². The van der Waals surface area contributed by atoms with E-state index in [1.807, 2.05) is 0 Å². The van der Waals surface area contributed by atoms with Crippen molar-refractivity contribution in [3.05, 3.63) is 106 Å². The summed E-state index contributed by atoms with van der Waals surface area (Å²) in [5, 5.41) is 26.2. The average molecular weight is 936 g/mol. The molecule has 4 N–H and O–H groups in total. The van der Waals surface area contributed by atoms with E-state index in [0.717, 1.165) is 50.8 Å². The lowest BCUT2D eigenvalue weighted by Gasteiger charge is -2.57. The molecule has 10 rings (SSSR count). The van der Waals surface area contributed by atoms with E-state index in [1.165, 1.54) is 61.0 Å². The Kier molecular flexibility index (Phi) is 11.7. The van der Waals surface area contributed by atoms with Gasteiger partial charge in [-0.1, -0.05) is 44.5 Å². The Hall–Kier alpha value is -5.78. The van der Waals surface area contributed by atoms with E-state index in [-0.39, 0.29) is 57.9 Å². The van der Waals surface area contributed by atoms with Gasteiger partial charge in [-0.15, -0.1) is 0 Å². The van der Waals surface area contributed by atoms with Crippen LogP contribution in [0.5, 0.6) is 17.2 Å². The number of likely N-dealkylation sites (tertiary alicyclic amines) is 1. The van der Waals surface area contributed by atoms with Gasteiger partial charge in [0.15, 0.2) is 11.4 Å². The van der Waals surface area contributed by atoms with Gasteiger partial charge in [-0.25, -0.2) is 22.5 Å². The normalized spacial score (nSPS) is 25.0. The molecule has 3 aliphatic heterocycles. The first-order valence-corrected chi connectivity index (χ1v) is 25.1. The summed E-state index contributed by atoms with van der Waals surface area (Å²) in [4.78, 5) is 37.2. The van der Waals surface area contributed by atoms with Gasteiger partial charge in [0, 0.05) is 62.3 Å². The number of benzene rings is 3. The summed E-state index contributed by atoms with van der Waals surface area (Å²) < 4.78 is 56.9. The molecule has 354 valence electrons. The Morgan fingerprint density at radius 1 is 1.04 bits per heavy atom.